The summed E-state index contributed by atoms with van der Waals surface area (Å²) in [5, 5.41) is 2.45. The van der Waals surface area contributed by atoms with Gasteiger partial charge in [0.2, 0.25) is 5.91 Å². The summed E-state index contributed by atoms with van der Waals surface area (Å²) in [5.41, 5.74) is -0.278. The number of rotatable bonds is 11. The quantitative estimate of drug-likeness (QED) is 0.403. The Morgan fingerprint density at radius 3 is 2.58 bits per heavy atom. The standard InChI is InChI=1S/C23H29ClFN5O3/c1-3-5-7-14-29-17(11-12-18(31)26-16-10-8-9-15(24)19(16)25)27-21-20(29)22(32)28-23(33)30(21)13-6-4-2/h8-10H,3-7,11-14H2,1-2H3,(H,26,31)(H,28,32,33). The van der Waals surface area contributed by atoms with Gasteiger partial charge >= 0.3 is 5.69 Å². The number of aromatic nitrogens is 4. The van der Waals surface area contributed by atoms with Gasteiger partial charge in [0.15, 0.2) is 17.0 Å². The molecule has 33 heavy (non-hydrogen) atoms. The van der Waals surface area contributed by atoms with Gasteiger partial charge in [-0.1, -0.05) is 50.8 Å². The molecule has 10 heteroatoms. The minimum atomic E-state index is -0.689. The number of carbonyl (C=O) groups excluding carboxylic acids is 1. The summed E-state index contributed by atoms with van der Waals surface area (Å²) < 4.78 is 17.4. The Morgan fingerprint density at radius 2 is 1.85 bits per heavy atom. The fourth-order valence-corrected chi connectivity index (χ4v) is 3.91. The number of aromatic amines is 1. The Hall–Kier alpha value is -2.94. The van der Waals surface area contributed by atoms with Crippen LogP contribution in [0.2, 0.25) is 5.02 Å². The summed E-state index contributed by atoms with van der Waals surface area (Å²) in [6, 6.07) is 4.39. The molecule has 0 fully saturated rings. The number of nitrogens with zero attached hydrogens (tertiary/aromatic N) is 3. The number of nitrogens with one attached hydrogen (secondary N) is 2. The second kappa shape index (κ2) is 11.3. The molecule has 3 rings (SSSR count). The first-order valence-electron chi connectivity index (χ1n) is 11.3. The van der Waals surface area contributed by atoms with Gasteiger partial charge in [0, 0.05) is 25.9 Å². The zero-order valence-corrected chi connectivity index (χ0v) is 19.7. The molecule has 2 N–H and O–H groups in total. The van der Waals surface area contributed by atoms with E-state index in [1.54, 1.807) is 10.6 Å². The maximum atomic E-state index is 14.1. The first-order chi connectivity index (χ1) is 15.9. The maximum absolute atomic E-state index is 14.1. The fourth-order valence-electron chi connectivity index (χ4n) is 3.73. The Morgan fingerprint density at radius 1 is 1.12 bits per heavy atom. The van der Waals surface area contributed by atoms with E-state index in [0.717, 1.165) is 32.1 Å². The maximum Gasteiger partial charge on any atom is 0.330 e. The molecular weight excluding hydrogens is 449 g/mol. The molecule has 2 heterocycles. The van der Waals surface area contributed by atoms with Crippen molar-refractivity contribution in [2.45, 2.75) is 71.9 Å². The zero-order chi connectivity index (χ0) is 24.0. The molecule has 0 radical (unpaired) electrons. The van der Waals surface area contributed by atoms with E-state index in [2.05, 4.69) is 22.2 Å². The Kier molecular flexibility index (Phi) is 8.43. The second-order valence-corrected chi connectivity index (χ2v) is 8.38. The lowest BCUT2D eigenvalue weighted by Crippen LogP contribution is -2.31. The molecule has 0 bridgehead atoms. The van der Waals surface area contributed by atoms with Crippen molar-refractivity contribution in [3.05, 3.63) is 55.7 Å². The lowest BCUT2D eigenvalue weighted by atomic mass is 10.2. The molecule has 0 spiro atoms. The SMILES string of the molecule is CCCCCn1c(CCC(=O)Nc2cccc(Cl)c2F)nc2c1c(=O)[nH]c(=O)n2CCCC. The highest BCUT2D eigenvalue weighted by Gasteiger charge is 2.19. The van der Waals surface area contributed by atoms with Gasteiger partial charge in [0.1, 0.15) is 5.82 Å². The van der Waals surface area contributed by atoms with Gasteiger partial charge < -0.3 is 9.88 Å². The molecule has 0 atom stereocenters. The van der Waals surface area contributed by atoms with E-state index in [1.807, 2.05) is 6.92 Å². The molecule has 0 aliphatic rings. The van der Waals surface area contributed by atoms with Crippen LogP contribution in [0.4, 0.5) is 10.1 Å². The first-order valence-corrected chi connectivity index (χ1v) is 11.7. The third kappa shape index (κ3) is 5.71. The summed E-state index contributed by atoms with van der Waals surface area (Å²) in [4.78, 5) is 44.6. The van der Waals surface area contributed by atoms with E-state index in [0.29, 0.717) is 30.1 Å². The van der Waals surface area contributed by atoms with Crippen molar-refractivity contribution < 1.29 is 9.18 Å². The number of aryl methyl sites for hydroxylation is 3. The van der Waals surface area contributed by atoms with E-state index in [9.17, 15) is 18.8 Å². The third-order valence-corrected chi connectivity index (χ3v) is 5.78. The predicted molar refractivity (Wildman–Crippen MR) is 127 cm³/mol. The van der Waals surface area contributed by atoms with Crippen LogP contribution in [0, 0.1) is 5.82 Å². The average molecular weight is 478 g/mol. The Bertz CT molecular complexity index is 1250. The van der Waals surface area contributed by atoms with E-state index >= 15 is 0 Å². The van der Waals surface area contributed by atoms with Gasteiger partial charge in [-0.25, -0.2) is 14.2 Å². The number of anilines is 1. The number of amides is 1. The Balaban J connectivity index is 1.91. The van der Waals surface area contributed by atoms with Crippen LogP contribution in [-0.2, 0) is 24.3 Å². The monoisotopic (exact) mass is 477 g/mol. The molecule has 0 saturated carbocycles. The zero-order valence-electron chi connectivity index (χ0n) is 18.9. The highest BCUT2D eigenvalue weighted by Crippen LogP contribution is 2.22. The molecule has 0 unspecified atom stereocenters. The Labute approximate surface area is 195 Å². The van der Waals surface area contributed by atoms with Gasteiger partial charge in [-0.3, -0.25) is 19.1 Å². The molecule has 0 saturated heterocycles. The topological polar surface area (TPSA) is 102 Å². The number of benzene rings is 1. The number of hydrogen-bond donors (Lipinski definition) is 2. The molecule has 2 aromatic heterocycles. The van der Waals surface area contributed by atoms with E-state index < -0.39 is 23.0 Å². The largest absolute Gasteiger partial charge is 0.330 e. The summed E-state index contributed by atoms with van der Waals surface area (Å²) >= 11 is 5.78. The van der Waals surface area contributed by atoms with Crippen LogP contribution in [0.5, 0.6) is 0 Å². The summed E-state index contributed by atoms with van der Waals surface area (Å²) in [6.45, 7) is 5.10. The lowest BCUT2D eigenvalue weighted by molar-refractivity contribution is -0.116. The first kappa shape index (κ1) is 24.7. The molecule has 178 valence electrons. The van der Waals surface area contributed by atoms with E-state index in [4.69, 9.17) is 11.6 Å². The number of fused-ring (bicyclic) bond motifs is 1. The number of carbonyl (C=O) groups is 1. The molecule has 3 aromatic rings. The minimum Gasteiger partial charge on any atom is -0.324 e. The number of unbranched alkanes of at least 4 members (excludes halogenated alkanes) is 3. The summed E-state index contributed by atoms with van der Waals surface area (Å²) in [6.07, 6.45) is 4.73. The van der Waals surface area contributed by atoms with Crippen molar-refractivity contribution in [1.29, 1.82) is 0 Å². The van der Waals surface area contributed by atoms with Crippen LogP contribution in [0.3, 0.4) is 0 Å². The number of imidazole rings is 1. The van der Waals surface area contributed by atoms with Gasteiger partial charge in [0.25, 0.3) is 5.56 Å². The van der Waals surface area contributed by atoms with Crippen LogP contribution >= 0.6 is 11.6 Å². The van der Waals surface area contributed by atoms with Crippen molar-refractivity contribution >= 4 is 34.4 Å². The van der Waals surface area contributed by atoms with Gasteiger partial charge in [0.05, 0.1) is 10.7 Å². The average Bonchev–Trinajstić information content (AvgIpc) is 3.14. The number of halogens is 2. The van der Waals surface area contributed by atoms with E-state index in [1.165, 1.54) is 16.7 Å². The molecule has 0 aliphatic carbocycles. The van der Waals surface area contributed by atoms with Gasteiger partial charge in [-0.05, 0) is 25.0 Å². The van der Waals surface area contributed by atoms with Crippen molar-refractivity contribution in [2.75, 3.05) is 5.32 Å². The van der Waals surface area contributed by atoms with Crippen molar-refractivity contribution in [1.82, 2.24) is 19.1 Å². The highest BCUT2D eigenvalue weighted by atomic mass is 35.5. The molecular formula is C23H29ClFN5O3. The van der Waals surface area contributed by atoms with Crippen molar-refractivity contribution in [2.24, 2.45) is 0 Å². The molecule has 1 amide bonds. The number of hydrogen-bond acceptors (Lipinski definition) is 4. The molecule has 8 nitrogen and oxygen atoms in total. The molecule has 1 aromatic carbocycles. The van der Waals surface area contributed by atoms with Crippen LogP contribution < -0.4 is 16.6 Å². The predicted octanol–water partition coefficient (Wildman–Crippen LogP) is 4.24. The smallest absolute Gasteiger partial charge is 0.324 e. The minimum absolute atomic E-state index is 0.00815. The lowest BCUT2D eigenvalue weighted by Gasteiger charge is -2.10. The van der Waals surface area contributed by atoms with Crippen molar-refractivity contribution in [3.8, 4) is 0 Å². The van der Waals surface area contributed by atoms with Crippen molar-refractivity contribution in [3.63, 3.8) is 0 Å². The van der Waals surface area contributed by atoms with Crippen LogP contribution in [0.1, 0.15) is 58.2 Å². The molecule has 0 aliphatic heterocycles. The van der Waals surface area contributed by atoms with Crippen LogP contribution in [0.25, 0.3) is 11.2 Å². The summed E-state index contributed by atoms with van der Waals surface area (Å²) in [5.74, 6) is -0.546. The van der Waals surface area contributed by atoms with E-state index in [-0.39, 0.29) is 23.6 Å². The summed E-state index contributed by atoms with van der Waals surface area (Å²) in [7, 11) is 0. The number of H-pyrrole nitrogens is 1. The highest BCUT2D eigenvalue weighted by molar-refractivity contribution is 6.31. The second-order valence-electron chi connectivity index (χ2n) is 7.97. The third-order valence-electron chi connectivity index (χ3n) is 5.49. The fraction of sp³-hybridized carbons (Fsp3) is 0.478. The van der Waals surface area contributed by atoms with Gasteiger partial charge in [-0.15, -0.1) is 0 Å². The normalized spacial score (nSPS) is 11.3. The van der Waals surface area contributed by atoms with Gasteiger partial charge in [-0.2, -0.15) is 0 Å². The van der Waals surface area contributed by atoms with Crippen LogP contribution in [0.15, 0.2) is 27.8 Å². The van der Waals surface area contributed by atoms with Crippen LogP contribution in [-0.4, -0.2) is 25.0 Å².